The second kappa shape index (κ2) is 6.82. The summed E-state index contributed by atoms with van der Waals surface area (Å²) in [5, 5.41) is 0. The van der Waals surface area contributed by atoms with Gasteiger partial charge in [0.1, 0.15) is 5.82 Å². The minimum atomic E-state index is -3.39. The molecule has 0 aromatic carbocycles. The van der Waals surface area contributed by atoms with Crippen LogP contribution in [0.4, 0.5) is 5.82 Å². The van der Waals surface area contributed by atoms with Gasteiger partial charge in [-0.1, -0.05) is 6.07 Å². The monoisotopic (exact) mass is 408 g/mol. The van der Waals surface area contributed by atoms with Crippen LogP contribution in [0, 0.1) is 0 Å². The Morgan fingerprint density at radius 2 is 2.04 bits per heavy atom. The Morgan fingerprint density at radius 3 is 2.70 bits per heavy atom. The molecular weight excluding hydrogens is 384 g/mol. The van der Waals surface area contributed by atoms with Gasteiger partial charge in [0.25, 0.3) is 10.2 Å². The van der Waals surface area contributed by atoms with Crippen LogP contribution in [0.5, 0.6) is 0 Å². The van der Waals surface area contributed by atoms with E-state index in [1.165, 1.54) is 14.7 Å². The van der Waals surface area contributed by atoms with Crippen molar-refractivity contribution in [1.82, 2.24) is 13.6 Å². The highest BCUT2D eigenvalue weighted by Crippen LogP contribution is 2.46. The molecule has 27 heavy (non-hydrogen) atoms. The molecule has 2 aliphatic heterocycles. The predicted octanol–water partition coefficient (Wildman–Crippen LogP) is 2.06. The number of ether oxygens (including phenoxy) is 1. The molecule has 0 radical (unpaired) electrons. The number of hydrogen-bond acceptors (Lipinski definition) is 6. The first-order valence-electron chi connectivity index (χ1n) is 8.99. The van der Waals surface area contributed by atoms with Gasteiger partial charge in [-0.2, -0.15) is 17.0 Å². The third-order valence-corrected chi connectivity index (χ3v) is 8.51. The molecule has 0 amide bonds. The molecule has 2 aliphatic rings. The van der Waals surface area contributed by atoms with Crippen LogP contribution in [0.15, 0.2) is 24.3 Å². The number of nitrogens with two attached hydrogens (primary N) is 1. The van der Waals surface area contributed by atoms with Crippen molar-refractivity contribution in [3.63, 3.8) is 0 Å². The third kappa shape index (κ3) is 3.27. The topological polar surface area (TPSA) is 88.8 Å². The zero-order valence-corrected chi connectivity index (χ0v) is 17.1. The SMILES string of the molecule is CN(C)S(=O)(=O)N1CCC2(CC1)OCCc1sc(-c3cccc(N)n3)cc12. The van der Waals surface area contributed by atoms with Crippen LogP contribution in [0.2, 0.25) is 0 Å². The Morgan fingerprint density at radius 1 is 1.30 bits per heavy atom. The van der Waals surface area contributed by atoms with Gasteiger partial charge in [0.2, 0.25) is 0 Å². The molecule has 0 unspecified atom stereocenters. The zero-order chi connectivity index (χ0) is 19.2. The van der Waals surface area contributed by atoms with E-state index in [1.54, 1.807) is 35.8 Å². The second-order valence-corrected chi connectivity index (χ2v) is 10.5. The third-order valence-electron chi connectivity index (χ3n) is 5.35. The summed E-state index contributed by atoms with van der Waals surface area (Å²) in [7, 11) is -0.249. The summed E-state index contributed by atoms with van der Waals surface area (Å²) < 4.78 is 33.9. The minimum absolute atomic E-state index is 0.402. The summed E-state index contributed by atoms with van der Waals surface area (Å²) in [4.78, 5) is 6.83. The molecule has 0 saturated carbocycles. The van der Waals surface area contributed by atoms with Crippen molar-refractivity contribution in [2.45, 2.75) is 24.9 Å². The van der Waals surface area contributed by atoms with Crippen LogP contribution >= 0.6 is 11.3 Å². The molecule has 0 atom stereocenters. The van der Waals surface area contributed by atoms with Crippen molar-refractivity contribution in [2.24, 2.45) is 0 Å². The van der Waals surface area contributed by atoms with E-state index < -0.39 is 15.8 Å². The van der Waals surface area contributed by atoms with Gasteiger partial charge in [-0.3, -0.25) is 0 Å². The van der Waals surface area contributed by atoms with Crippen LogP contribution < -0.4 is 5.73 Å². The first-order valence-corrected chi connectivity index (χ1v) is 11.2. The lowest BCUT2D eigenvalue weighted by Gasteiger charge is -2.43. The lowest BCUT2D eigenvalue weighted by Crippen LogP contribution is -2.50. The van der Waals surface area contributed by atoms with Crippen LogP contribution in [-0.2, 0) is 27.0 Å². The molecule has 2 N–H and O–H groups in total. The van der Waals surface area contributed by atoms with E-state index in [0.29, 0.717) is 38.4 Å². The fraction of sp³-hybridized carbons (Fsp3) is 0.500. The molecule has 4 rings (SSSR count). The first-order chi connectivity index (χ1) is 12.8. The van der Waals surface area contributed by atoms with Crippen LogP contribution in [0.3, 0.4) is 0 Å². The molecule has 7 nitrogen and oxygen atoms in total. The fourth-order valence-electron chi connectivity index (χ4n) is 3.85. The standard InChI is InChI=1S/C18H24N4O3S2/c1-21(2)27(23,24)22-9-7-18(8-10-22)13-12-16(26-15(13)6-11-25-18)14-4-3-5-17(19)20-14/h3-5,12H,6-11H2,1-2H3,(H2,19,20). The van der Waals surface area contributed by atoms with E-state index in [4.69, 9.17) is 10.5 Å². The van der Waals surface area contributed by atoms with E-state index in [1.807, 2.05) is 12.1 Å². The predicted molar refractivity (Wildman–Crippen MR) is 107 cm³/mol. The summed E-state index contributed by atoms with van der Waals surface area (Å²) in [6.45, 7) is 1.58. The van der Waals surface area contributed by atoms with Gasteiger partial charge in [-0.15, -0.1) is 11.3 Å². The number of thiophene rings is 1. The van der Waals surface area contributed by atoms with E-state index in [9.17, 15) is 8.42 Å². The average Bonchev–Trinajstić information content (AvgIpc) is 3.08. The van der Waals surface area contributed by atoms with Crippen LogP contribution in [-0.4, -0.2) is 55.8 Å². The van der Waals surface area contributed by atoms with Gasteiger partial charge >= 0.3 is 0 Å². The van der Waals surface area contributed by atoms with Gasteiger partial charge in [-0.05, 0) is 36.6 Å². The summed E-state index contributed by atoms with van der Waals surface area (Å²) >= 11 is 1.74. The van der Waals surface area contributed by atoms with Gasteiger partial charge in [0, 0.05) is 38.5 Å². The quantitative estimate of drug-likeness (QED) is 0.840. The molecule has 2 aromatic heterocycles. The summed E-state index contributed by atoms with van der Waals surface area (Å²) in [6, 6.07) is 7.82. The van der Waals surface area contributed by atoms with Crippen molar-refractivity contribution in [3.05, 3.63) is 34.7 Å². The highest BCUT2D eigenvalue weighted by atomic mass is 32.2. The Labute approximate surface area is 163 Å². The Hall–Kier alpha value is -1.52. The van der Waals surface area contributed by atoms with E-state index in [-0.39, 0.29) is 0 Å². The molecular formula is C18H24N4O3S2. The largest absolute Gasteiger partial charge is 0.384 e. The fourth-order valence-corrected chi connectivity index (χ4v) is 6.16. The maximum absolute atomic E-state index is 12.4. The number of nitrogens with zero attached hydrogens (tertiary/aromatic N) is 3. The smallest absolute Gasteiger partial charge is 0.281 e. The van der Waals surface area contributed by atoms with Crippen LogP contribution in [0.25, 0.3) is 10.6 Å². The average molecular weight is 409 g/mol. The lowest BCUT2D eigenvalue weighted by atomic mass is 9.83. The molecule has 0 bridgehead atoms. The molecule has 1 spiro atoms. The van der Waals surface area contributed by atoms with Crippen LogP contribution in [0.1, 0.15) is 23.3 Å². The maximum Gasteiger partial charge on any atom is 0.281 e. The van der Waals surface area contributed by atoms with Gasteiger partial charge in [0.15, 0.2) is 0 Å². The van der Waals surface area contributed by atoms with Crippen molar-refractivity contribution >= 4 is 27.4 Å². The molecule has 0 aliphatic carbocycles. The number of piperidine rings is 1. The van der Waals surface area contributed by atoms with Crippen molar-refractivity contribution in [1.29, 1.82) is 0 Å². The van der Waals surface area contributed by atoms with Gasteiger partial charge < -0.3 is 10.5 Å². The number of rotatable bonds is 3. The highest BCUT2D eigenvalue weighted by molar-refractivity contribution is 7.86. The number of anilines is 1. The first kappa shape index (κ1) is 18.8. The van der Waals surface area contributed by atoms with E-state index >= 15 is 0 Å². The van der Waals surface area contributed by atoms with Crippen molar-refractivity contribution < 1.29 is 13.2 Å². The molecule has 2 aromatic rings. The normalized spacial score (nSPS) is 20.1. The Bertz CT molecular complexity index is 947. The summed E-state index contributed by atoms with van der Waals surface area (Å²) in [5.74, 6) is 0.507. The maximum atomic E-state index is 12.4. The number of aromatic nitrogens is 1. The molecule has 9 heteroatoms. The Kier molecular flexibility index (Phi) is 4.76. The van der Waals surface area contributed by atoms with E-state index in [2.05, 4.69) is 11.1 Å². The van der Waals surface area contributed by atoms with Gasteiger partial charge in [0.05, 0.1) is 22.8 Å². The minimum Gasteiger partial charge on any atom is -0.384 e. The number of pyridine rings is 1. The Balaban J connectivity index is 1.63. The lowest BCUT2D eigenvalue weighted by molar-refractivity contribution is -0.0885. The number of fused-ring (bicyclic) bond motifs is 2. The molecule has 4 heterocycles. The van der Waals surface area contributed by atoms with E-state index in [0.717, 1.165) is 17.0 Å². The number of nitrogen functional groups attached to an aromatic ring is 1. The molecule has 146 valence electrons. The highest BCUT2D eigenvalue weighted by Gasteiger charge is 2.44. The molecule has 1 saturated heterocycles. The summed E-state index contributed by atoms with van der Waals surface area (Å²) in [5.41, 5.74) is 7.50. The zero-order valence-electron chi connectivity index (χ0n) is 15.5. The summed E-state index contributed by atoms with van der Waals surface area (Å²) in [6.07, 6.45) is 2.20. The van der Waals surface area contributed by atoms with Crippen molar-refractivity contribution in [2.75, 3.05) is 39.5 Å². The van der Waals surface area contributed by atoms with Crippen molar-refractivity contribution in [3.8, 4) is 10.6 Å². The van der Waals surface area contributed by atoms with Gasteiger partial charge in [-0.25, -0.2) is 4.98 Å². The second-order valence-electron chi connectivity index (χ2n) is 7.18. The number of hydrogen-bond donors (Lipinski definition) is 1. The molecule has 1 fully saturated rings.